The smallest absolute Gasteiger partial charge is 0.323 e. The van der Waals surface area contributed by atoms with Crippen molar-refractivity contribution < 1.29 is 23.8 Å². The van der Waals surface area contributed by atoms with E-state index in [0.29, 0.717) is 25.0 Å². The Kier molecular flexibility index (Phi) is 3.84. The van der Waals surface area contributed by atoms with Gasteiger partial charge in [-0.2, -0.15) is 0 Å². The van der Waals surface area contributed by atoms with E-state index in [1.807, 2.05) is 0 Å². The molecule has 1 aromatic rings. The lowest BCUT2D eigenvalue weighted by Gasteiger charge is -2.31. The molecule has 2 fully saturated rings. The van der Waals surface area contributed by atoms with E-state index in [-0.39, 0.29) is 25.1 Å². The Bertz CT molecular complexity index is 542. The summed E-state index contributed by atoms with van der Waals surface area (Å²) in [5, 5.41) is 19.2. The Labute approximate surface area is 120 Å². The van der Waals surface area contributed by atoms with Crippen molar-refractivity contribution in [1.29, 1.82) is 0 Å². The number of anilines is 1. The lowest BCUT2D eigenvalue weighted by atomic mass is 10.2. The van der Waals surface area contributed by atoms with Crippen LogP contribution in [0.15, 0.2) is 4.42 Å². The van der Waals surface area contributed by atoms with Crippen molar-refractivity contribution in [3.63, 3.8) is 0 Å². The fourth-order valence-electron chi connectivity index (χ4n) is 2.18. The highest BCUT2D eigenvalue weighted by molar-refractivity contribution is 5.90. The molecule has 21 heavy (non-hydrogen) atoms. The highest BCUT2D eigenvalue weighted by Crippen LogP contribution is 2.39. The topological polar surface area (TPSA) is 118 Å². The summed E-state index contributed by atoms with van der Waals surface area (Å²) in [7, 11) is 0. The largest absolute Gasteiger partial charge is 0.480 e. The lowest BCUT2D eigenvalue weighted by molar-refractivity contribution is -0.150. The number of carbonyl (C=O) groups is 2. The zero-order valence-corrected chi connectivity index (χ0v) is 11.3. The van der Waals surface area contributed by atoms with Crippen LogP contribution in [0.4, 0.5) is 6.01 Å². The van der Waals surface area contributed by atoms with Gasteiger partial charge in [0.05, 0.1) is 19.8 Å². The van der Waals surface area contributed by atoms with Crippen LogP contribution in [0.3, 0.4) is 0 Å². The quantitative estimate of drug-likeness (QED) is 0.758. The van der Waals surface area contributed by atoms with Crippen LogP contribution >= 0.6 is 0 Å². The molecule has 2 heterocycles. The van der Waals surface area contributed by atoms with Crippen LogP contribution in [0, 0.1) is 0 Å². The summed E-state index contributed by atoms with van der Waals surface area (Å²) in [5.74, 6) is -0.524. The number of aromatic nitrogens is 2. The maximum atomic E-state index is 11.9. The van der Waals surface area contributed by atoms with E-state index >= 15 is 0 Å². The Hall–Kier alpha value is -2.00. The van der Waals surface area contributed by atoms with Gasteiger partial charge < -0.3 is 14.3 Å². The van der Waals surface area contributed by atoms with Crippen LogP contribution in [-0.4, -0.2) is 64.4 Å². The van der Waals surface area contributed by atoms with Gasteiger partial charge in [0.15, 0.2) is 0 Å². The SMILES string of the molecule is O=C(CN1CCOCC1C(=O)O)Nc1nnc(C2CC2)o1. The third kappa shape index (κ3) is 3.37. The van der Waals surface area contributed by atoms with Gasteiger partial charge in [-0.25, -0.2) is 0 Å². The molecule has 1 saturated heterocycles. The molecular weight excluding hydrogens is 280 g/mol. The summed E-state index contributed by atoms with van der Waals surface area (Å²) in [6.07, 6.45) is 2.06. The van der Waals surface area contributed by atoms with E-state index in [1.54, 1.807) is 4.90 Å². The molecule has 0 radical (unpaired) electrons. The van der Waals surface area contributed by atoms with Crippen molar-refractivity contribution in [3.8, 4) is 0 Å². The molecule has 1 atom stereocenters. The van der Waals surface area contributed by atoms with Gasteiger partial charge in [-0.05, 0) is 12.8 Å². The molecule has 1 aliphatic carbocycles. The first kappa shape index (κ1) is 14.0. The number of hydrogen-bond donors (Lipinski definition) is 2. The number of aliphatic carboxylic acids is 1. The van der Waals surface area contributed by atoms with Gasteiger partial charge in [0.2, 0.25) is 11.8 Å². The Morgan fingerprint density at radius 2 is 2.19 bits per heavy atom. The first-order valence-corrected chi connectivity index (χ1v) is 6.81. The minimum atomic E-state index is -1.00. The van der Waals surface area contributed by atoms with Gasteiger partial charge in [-0.3, -0.25) is 19.8 Å². The number of carboxylic acid groups (broad SMARTS) is 1. The number of carboxylic acids is 1. The molecule has 1 aromatic heterocycles. The number of amides is 1. The molecule has 1 aliphatic heterocycles. The first-order valence-electron chi connectivity index (χ1n) is 6.81. The average Bonchev–Trinajstić information content (AvgIpc) is 3.20. The zero-order chi connectivity index (χ0) is 14.8. The van der Waals surface area contributed by atoms with E-state index in [9.17, 15) is 9.59 Å². The first-order chi connectivity index (χ1) is 10.1. The summed E-state index contributed by atoms with van der Waals surface area (Å²) in [5.41, 5.74) is 0. The molecule has 9 nitrogen and oxygen atoms in total. The van der Waals surface area contributed by atoms with E-state index in [0.717, 1.165) is 12.8 Å². The standard InChI is InChI=1S/C12H16N4O5/c17-9(5-16-3-4-20-6-8(16)11(18)19)13-12-15-14-10(21-12)7-1-2-7/h7-8H,1-6H2,(H,18,19)(H,13,15,17). The predicted octanol–water partition coefficient (Wildman–Crippen LogP) is -0.329. The molecule has 1 amide bonds. The van der Waals surface area contributed by atoms with E-state index in [1.165, 1.54) is 0 Å². The monoisotopic (exact) mass is 296 g/mol. The number of ether oxygens (including phenoxy) is 1. The Balaban J connectivity index is 1.55. The van der Waals surface area contributed by atoms with Gasteiger partial charge in [-0.15, -0.1) is 5.10 Å². The van der Waals surface area contributed by atoms with Crippen LogP contribution < -0.4 is 5.32 Å². The maximum absolute atomic E-state index is 11.9. The van der Waals surface area contributed by atoms with Crippen molar-refractivity contribution in [2.75, 3.05) is 31.6 Å². The van der Waals surface area contributed by atoms with Crippen molar-refractivity contribution in [1.82, 2.24) is 15.1 Å². The third-order valence-electron chi connectivity index (χ3n) is 3.48. The van der Waals surface area contributed by atoms with E-state index in [4.69, 9.17) is 14.3 Å². The molecule has 1 unspecified atom stereocenters. The summed E-state index contributed by atoms with van der Waals surface area (Å²) >= 11 is 0. The minimum absolute atomic E-state index is 0.0541. The predicted molar refractivity (Wildman–Crippen MR) is 68.7 cm³/mol. The van der Waals surface area contributed by atoms with Gasteiger partial charge >= 0.3 is 12.0 Å². The molecular formula is C12H16N4O5. The van der Waals surface area contributed by atoms with Gasteiger partial charge in [-0.1, -0.05) is 5.10 Å². The van der Waals surface area contributed by atoms with Crippen LogP contribution in [0.5, 0.6) is 0 Å². The van der Waals surface area contributed by atoms with E-state index < -0.39 is 12.0 Å². The number of morpholine rings is 1. The molecule has 114 valence electrons. The zero-order valence-electron chi connectivity index (χ0n) is 11.3. The van der Waals surface area contributed by atoms with Gasteiger partial charge in [0.25, 0.3) is 0 Å². The number of hydrogen-bond acceptors (Lipinski definition) is 7. The second-order valence-corrected chi connectivity index (χ2v) is 5.17. The van der Waals surface area contributed by atoms with Crippen molar-refractivity contribution in [2.24, 2.45) is 0 Å². The number of carbonyl (C=O) groups excluding carboxylic acids is 1. The van der Waals surface area contributed by atoms with E-state index in [2.05, 4.69) is 15.5 Å². The molecule has 0 spiro atoms. The summed E-state index contributed by atoms with van der Waals surface area (Å²) in [6, 6.07) is -0.753. The molecule has 2 aliphatic rings. The number of nitrogens with one attached hydrogen (secondary N) is 1. The molecule has 2 N–H and O–H groups in total. The Morgan fingerprint density at radius 1 is 1.38 bits per heavy atom. The lowest BCUT2D eigenvalue weighted by Crippen LogP contribution is -2.52. The molecule has 0 aromatic carbocycles. The average molecular weight is 296 g/mol. The molecule has 1 saturated carbocycles. The highest BCUT2D eigenvalue weighted by Gasteiger charge is 2.32. The van der Waals surface area contributed by atoms with Crippen LogP contribution in [0.25, 0.3) is 0 Å². The second kappa shape index (κ2) is 5.78. The molecule has 0 bridgehead atoms. The normalized spacial score (nSPS) is 23.0. The van der Waals surface area contributed by atoms with Crippen molar-refractivity contribution in [3.05, 3.63) is 5.89 Å². The third-order valence-corrected chi connectivity index (χ3v) is 3.48. The maximum Gasteiger partial charge on any atom is 0.323 e. The highest BCUT2D eigenvalue weighted by atomic mass is 16.5. The summed E-state index contributed by atoms with van der Waals surface area (Å²) in [6.45, 7) is 0.821. The fraction of sp³-hybridized carbons (Fsp3) is 0.667. The number of nitrogens with zero attached hydrogens (tertiary/aromatic N) is 3. The molecule has 9 heteroatoms. The van der Waals surface area contributed by atoms with Gasteiger partial charge in [0, 0.05) is 12.5 Å². The van der Waals surface area contributed by atoms with Crippen LogP contribution in [-0.2, 0) is 14.3 Å². The summed E-state index contributed by atoms with van der Waals surface area (Å²) < 4.78 is 10.4. The molecule has 3 rings (SSSR count). The number of rotatable bonds is 5. The van der Waals surface area contributed by atoms with Crippen LogP contribution in [0.2, 0.25) is 0 Å². The van der Waals surface area contributed by atoms with Gasteiger partial charge in [0.1, 0.15) is 6.04 Å². The Morgan fingerprint density at radius 3 is 2.90 bits per heavy atom. The fourth-order valence-corrected chi connectivity index (χ4v) is 2.18. The van der Waals surface area contributed by atoms with Crippen molar-refractivity contribution in [2.45, 2.75) is 24.8 Å². The minimum Gasteiger partial charge on any atom is -0.480 e. The second-order valence-electron chi connectivity index (χ2n) is 5.17. The van der Waals surface area contributed by atoms with Crippen LogP contribution in [0.1, 0.15) is 24.7 Å². The summed E-state index contributed by atoms with van der Waals surface area (Å²) in [4.78, 5) is 24.6. The van der Waals surface area contributed by atoms with Crippen molar-refractivity contribution >= 4 is 17.9 Å².